The van der Waals surface area contributed by atoms with Crippen LogP contribution in [0.5, 0.6) is 0 Å². The van der Waals surface area contributed by atoms with Crippen LogP contribution in [-0.4, -0.2) is 14.0 Å². The lowest BCUT2D eigenvalue weighted by atomic mass is 9.92. The largest absolute Gasteiger partial charge is 0.304 e. The first-order valence-corrected chi connectivity index (χ1v) is 11.0. The highest BCUT2D eigenvalue weighted by Gasteiger charge is 2.54. The van der Waals surface area contributed by atoms with Gasteiger partial charge in [0.15, 0.2) is 0 Å². The summed E-state index contributed by atoms with van der Waals surface area (Å²) in [6, 6.07) is 20.6. The van der Waals surface area contributed by atoms with E-state index in [0.29, 0.717) is 0 Å². The summed E-state index contributed by atoms with van der Waals surface area (Å²) in [6.07, 6.45) is 0. The average molecular weight is 295 g/mol. The summed E-state index contributed by atoms with van der Waals surface area (Å²) in [5.74, 6) is 0.286. The summed E-state index contributed by atoms with van der Waals surface area (Å²) in [5.41, 5.74) is 2.42. The molecule has 1 aliphatic heterocycles. The number of β-lactam (4-membered cyclic amide) rings is 1. The van der Waals surface area contributed by atoms with E-state index < -0.39 is 8.07 Å². The van der Waals surface area contributed by atoms with Crippen molar-refractivity contribution in [2.45, 2.75) is 31.2 Å². The van der Waals surface area contributed by atoms with Crippen LogP contribution in [0.4, 0.5) is 5.69 Å². The van der Waals surface area contributed by atoms with Gasteiger partial charge in [-0.15, -0.1) is 0 Å². The van der Waals surface area contributed by atoms with E-state index in [1.807, 2.05) is 41.3 Å². The predicted octanol–water partition coefficient (Wildman–Crippen LogP) is 4.48. The van der Waals surface area contributed by atoms with Crippen LogP contribution < -0.4 is 4.90 Å². The van der Waals surface area contributed by atoms with Crippen molar-refractivity contribution in [1.82, 2.24) is 0 Å². The van der Waals surface area contributed by atoms with Gasteiger partial charge in [-0.3, -0.25) is 4.79 Å². The zero-order valence-electron chi connectivity index (χ0n) is 12.8. The van der Waals surface area contributed by atoms with Crippen molar-refractivity contribution < 1.29 is 4.79 Å². The van der Waals surface area contributed by atoms with E-state index in [1.54, 1.807) is 0 Å². The molecule has 1 heterocycles. The Morgan fingerprint density at radius 2 is 1.38 bits per heavy atom. The fourth-order valence-electron chi connectivity index (χ4n) is 3.20. The molecule has 1 amide bonds. The maximum Gasteiger partial charge on any atom is 0.230 e. The molecular formula is C18H21NOSi. The van der Waals surface area contributed by atoms with Crippen molar-refractivity contribution in [1.29, 1.82) is 0 Å². The Hall–Kier alpha value is -1.87. The van der Waals surface area contributed by atoms with Crippen molar-refractivity contribution in [3.63, 3.8) is 0 Å². The second kappa shape index (κ2) is 5.15. The van der Waals surface area contributed by atoms with Crippen LogP contribution in [0.15, 0.2) is 60.7 Å². The molecule has 2 aromatic carbocycles. The Bertz CT molecular complexity index is 633. The average Bonchev–Trinajstić information content (AvgIpc) is 2.45. The lowest BCUT2D eigenvalue weighted by Crippen LogP contribution is -2.59. The van der Waals surface area contributed by atoms with E-state index in [1.165, 1.54) is 5.56 Å². The van der Waals surface area contributed by atoms with E-state index in [4.69, 9.17) is 0 Å². The minimum atomic E-state index is -1.55. The second-order valence-electron chi connectivity index (χ2n) is 6.74. The summed E-state index contributed by atoms with van der Waals surface area (Å²) < 4.78 is 0. The molecule has 0 N–H and O–H groups in total. The third kappa shape index (κ3) is 2.42. The molecule has 1 saturated heterocycles. The number of anilines is 1. The van der Waals surface area contributed by atoms with Gasteiger partial charge >= 0.3 is 0 Å². The van der Waals surface area contributed by atoms with Crippen LogP contribution in [0, 0.1) is 0 Å². The minimum Gasteiger partial charge on any atom is -0.304 e. The maximum absolute atomic E-state index is 12.8. The van der Waals surface area contributed by atoms with Gasteiger partial charge < -0.3 is 4.90 Å². The van der Waals surface area contributed by atoms with Crippen LogP contribution in [0.2, 0.25) is 25.2 Å². The van der Waals surface area contributed by atoms with Crippen molar-refractivity contribution >= 4 is 19.7 Å². The standard InChI is InChI=1S/C18H21NOSi/c1-21(2,3)17-16(14-10-6-4-7-11-14)19(18(17)20)15-12-8-5-9-13-15/h4-13,16-17H,1-3H3. The van der Waals surface area contributed by atoms with Gasteiger partial charge in [-0.25, -0.2) is 0 Å². The second-order valence-corrected chi connectivity index (χ2v) is 12.1. The Labute approximate surface area is 127 Å². The highest BCUT2D eigenvalue weighted by Crippen LogP contribution is 2.51. The molecule has 0 bridgehead atoms. The lowest BCUT2D eigenvalue weighted by molar-refractivity contribution is -0.124. The van der Waals surface area contributed by atoms with E-state index in [2.05, 4.69) is 43.9 Å². The molecule has 2 aromatic rings. The molecule has 2 nitrogen and oxygen atoms in total. The number of hydrogen-bond acceptors (Lipinski definition) is 1. The number of hydrogen-bond donors (Lipinski definition) is 0. The van der Waals surface area contributed by atoms with Gasteiger partial charge in [-0.1, -0.05) is 68.2 Å². The fourth-order valence-corrected chi connectivity index (χ4v) is 5.37. The first kappa shape index (κ1) is 14.1. The van der Waals surface area contributed by atoms with Gasteiger partial charge in [0.1, 0.15) is 0 Å². The molecule has 2 atom stereocenters. The zero-order valence-corrected chi connectivity index (χ0v) is 13.8. The Morgan fingerprint density at radius 3 is 1.90 bits per heavy atom. The summed E-state index contributed by atoms with van der Waals surface area (Å²) >= 11 is 0. The SMILES string of the molecule is C[Si](C)(C)C1C(=O)N(c2ccccc2)C1c1ccccc1. The Balaban J connectivity index is 2.03. The third-order valence-corrected chi connectivity index (χ3v) is 6.63. The normalized spacial score (nSPS) is 22.0. The molecular weight excluding hydrogens is 274 g/mol. The van der Waals surface area contributed by atoms with Gasteiger partial charge in [0.05, 0.1) is 19.7 Å². The lowest BCUT2D eigenvalue weighted by Gasteiger charge is -2.52. The van der Waals surface area contributed by atoms with Gasteiger partial charge in [-0.05, 0) is 17.7 Å². The number of nitrogens with zero attached hydrogens (tertiary/aromatic N) is 1. The maximum atomic E-state index is 12.8. The summed E-state index contributed by atoms with van der Waals surface area (Å²) in [4.78, 5) is 14.7. The van der Waals surface area contributed by atoms with Crippen LogP contribution >= 0.6 is 0 Å². The van der Waals surface area contributed by atoms with Gasteiger partial charge in [0.2, 0.25) is 5.91 Å². The molecule has 108 valence electrons. The monoisotopic (exact) mass is 295 g/mol. The molecule has 1 fully saturated rings. The van der Waals surface area contributed by atoms with Crippen molar-refractivity contribution in [2.75, 3.05) is 4.90 Å². The van der Waals surface area contributed by atoms with E-state index in [0.717, 1.165) is 5.69 Å². The van der Waals surface area contributed by atoms with Crippen molar-refractivity contribution in [3.05, 3.63) is 66.2 Å². The van der Waals surface area contributed by atoms with Crippen LogP contribution in [-0.2, 0) is 4.79 Å². The highest BCUT2D eigenvalue weighted by molar-refractivity contribution is 6.81. The van der Waals surface area contributed by atoms with Crippen molar-refractivity contribution in [2.24, 2.45) is 0 Å². The van der Waals surface area contributed by atoms with Crippen molar-refractivity contribution in [3.8, 4) is 0 Å². The molecule has 0 aromatic heterocycles. The van der Waals surface area contributed by atoms with Crippen LogP contribution in [0.25, 0.3) is 0 Å². The quantitative estimate of drug-likeness (QED) is 0.604. The topological polar surface area (TPSA) is 20.3 Å². The number of rotatable bonds is 3. The molecule has 0 aliphatic carbocycles. The molecule has 0 saturated carbocycles. The molecule has 0 spiro atoms. The highest BCUT2D eigenvalue weighted by atomic mass is 28.3. The zero-order chi connectivity index (χ0) is 15.0. The number of benzene rings is 2. The Morgan fingerprint density at radius 1 is 0.857 bits per heavy atom. The fraction of sp³-hybridized carbons (Fsp3) is 0.278. The number of amides is 1. The van der Waals surface area contributed by atoms with Gasteiger partial charge in [0, 0.05) is 5.69 Å². The van der Waals surface area contributed by atoms with Gasteiger partial charge in [-0.2, -0.15) is 0 Å². The predicted molar refractivity (Wildman–Crippen MR) is 90.2 cm³/mol. The molecule has 3 rings (SSSR count). The van der Waals surface area contributed by atoms with E-state index in [9.17, 15) is 4.79 Å². The minimum absolute atomic E-state index is 0.167. The summed E-state index contributed by atoms with van der Waals surface area (Å²) in [5, 5.41) is 0. The summed E-state index contributed by atoms with van der Waals surface area (Å²) in [7, 11) is -1.55. The Kier molecular flexibility index (Phi) is 3.45. The van der Waals surface area contributed by atoms with Gasteiger partial charge in [0.25, 0.3) is 0 Å². The van der Waals surface area contributed by atoms with Crippen LogP contribution in [0.1, 0.15) is 11.6 Å². The van der Waals surface area contributed by atoms with Crippen LogP contribution in [0.3, 0.4) is 0 Å². The summed E-state index contributed by atoms with van der Waals surface area (Å²) in [6.45, 7) is 6.86. The number of carbonyl (C=O) groups is 1. The first-order chi connectivity index (χ1) is 10.00. The molecule has 2 unspecified atom stereocenters. The van der Waals surface area contributed by atoms with E-state index >= 15 is 0 Å². The molecule has 3 heteroatoms. The smallest absolute Gasteiger partial charge is 0.230 e. The number of carbonyl (C=O) groups excluding carboxylic acids is 1. The third-order valence-electron chi connectivity index (χ3n) is 4.21. The van der Waals surface area contributed by atoms with E-state index in [-0.39, 0.29) is 17.5 Å². The first-order valence-electron chi connectivity index (χ1n) is 7.43. The molecule has 0 radical (unpaired) electrons. The number of para-hydroxylation sites is 1. The molecule has 21 heavy (non-hydrogen) atoms. The molecule has 1 aliphatic rings.